The van der Waals surface area contributed by atoms with Gasteiger partial charge in [0.15, 0.2) is 0 Å². The zero-order chi connectivity index (χ0) is 12.6. The Labute approximate surface area is 109 Å². The van der Waals surface area contributed by atoms with Crippen molar-refractivity contribution in [3.05, 3.63) is 18.2 Å². The quantitative estimate of drug-likeness (QED) is 0.871. The van der Waals surface area contributed by atoms with E-state index in [1.54, 1.807) is 0 Å². The topological polar surface area (TPSA) is 33.1 Å². The number of hydrogen-bond donors (Lipinski definition) is 1. The fourth-order valence-corrected chi connectivity index (χ4v) is 3.27. The maximum Gasteiger partial charge on any atom is 0.105 e. The molecule has 0 radical (unpaired) electrons. The molecule has 3 rings (SSSR count). The summed E-state index contributed by atoms with van der Waals surface area (Å²) in [5.41, 5.74) is 0.382. The second-order valence-corrected chi connectivity index (χ2v) is 5.96. The number of rotatable bonds is 4. The maximum atomic E-state index is 4.30. The molecular formula is C14H24N4. The summed E-state index contributed by atoms with van der Waals surface area (Å²) in [7, 11) is 0. The van der Waals surface area contributed by atoms with Crippen LogP contribution >= 0.6 is 0 Å². The lowest BCUT2D eigenvalue weighted by Gasteiger charge is -2.46. The highest BCUT2D eigenvalue weighted by molar-refractivity contribution is 5.03. The zero-order valence-corrected chi connectivity index (χ0v) is 11.5. The van der Waals surface area contributed by atoms with Crippen molar-refractivity contribution in [3.63, 3.8) is 0 Å². The number of nitrogens with one attached hydrogen (secondary N) is 1. The summed E-state index contributed by atoms with van der Waals surface area (Å²) in [5, 5.41) is 3.57. The highest BCUT2D eigenvalue weighted by Crippen LogP contribution is 2.43. The largest absolute Gasteiger partial charge is 0.334 e. The Bertz CT molecular complexity index is 410. The molecule has 2 fully saturated rings. The van der Waals surface area contributed by atoms with Crippen molar-refractivity contribution in [2.24, 2.45) is 5.92 Å². The van der Waals surface area contributed by atoms with Gasteiger partial charge in [0.25, 0.3) is 0 Å². The van der Waals surface area contributed by atoms with Crippen LogP contribution in [0.25, 0.3) is 0 Å². The minimum Gasteiger partial charge on any atom is -0.334 e. The van der Waals surface area contributed by atoms with Crippen LogP contribution in [0.3, 0.4) is 0 Å². The Kier molecular flexibility index (Phi) is 3.16. The van der Waals surface area contributed by atoms with Gasteiger partial charge in [0, 0.05) is 50.7 Å². The number of imidazole rings is 1. The van der Waals surface area contributed by atoms with Crippen LogP contribution in [0, 0.1) is 12.8 Å². The van der Waals surface area contributed by atoms with E-state index in [1.165, 1.54) is 19.4 Å². The average Bonchev–Trinajstić information content (AvgIpc) is 3.14. The Morgan fingerprint density at radius 1 is 1.44 bits per heavy atom. The van der Waals surface area contributed by atoms with Crippen LogP contribution in [-0.4, -0.2) is 46.2 Å². The van der Waals surface area contributed by atoms with Gasteiger partial charge in [-0.1, -0.05) is 0 Å². The maximum absolute atomic E-state index is 4.30. The third-order valence-corrected chi connectivity index (χ3v) is 4.76. The minimum absolute atomic E-state index is 0.382. The average molecular weight is 248 g/mol. The number of nitrogens with zero attached hydrogens (tertiary/aromatic N) is 3. The predicted molar refractivity (Wildman–Crippen MR) is 72.5 cm³/mol. The van der Waals surface area contributed by atoms with Crippen molar-refractivity contribution in [3.8, 4) is 0 Å². The van der Waals surface area contributed by atoms with Gasteiger partial charge in [-0.05, 0) is 32.6 Å². The molecule has 2 aliphatic rings. The van der Waals surface area contributed by atoms with Gasteiger partial charge >= 0.3 is 0 Å². The zero-order valence-electron chi connectivity index (χ0n) is 11.5. The first-order valence-corrected chi connectivity index (χ1v) is 7.14. The third kappa shape index (κ3) is 2.19. The molecule has 0 aromatic carbocycles. The molecule has 1 saturated heterocycles. The van der Waals surface area contributed by atoms with Gasteiger partial charge in [-0.25, -0.2) is 4.98 Å². The summed E-state index contributed by atoms with van der Waals surface area (Å²) in [6.07, 6.45) is 6.82. The molecule has 1 aliphatic carbocycles. The molecule has 0 bridgehead atoms. The summed E-state index contributed by atoms with van der Waals surface area (Å²) in [6.45, 7) is 10.2. The molecule has 1 aromatic rings. The Morgan fingerprint density at radius 2 is 2.28 bits per heavy atom. The molecule has 1 saturated carbocycles. The second kappa shape index (κ2) is 4.67. The van der Waals surface area contributed by atoms with E-state index in [9.17, 15) is 0 Å². The van der Waals surface area contributed by atoms with E-state index in [-0.39, 0.29) is 0 Å². The van der Waals surface area contributed by atoms with Crippen LogP contribution in [0.2, 0.25) is 0 Å². The van der Waals surface area contributed by atoms with E-state index in [2.05, 4.69) is 39.8 Å². The minimum atomic E-state index is 0.382. The molecule has 2 heterocycles. The van der Waals surface area contributed by atoms with E-state index in [4.69, 9.17) is 0 Å². The summed E-state index contributed by atoms with van der Waals surface area (Å²) < 4.78 is 2.26. The van der Waals surface area contributed by atoms with Gasteiger partial charge in [-0.15, -0.1) is 0 Å². The van der Waals surface area contributed by atoms with Gasteiger partial charge in [-0.2, -0.15) is 0 Å². The molecular weight excluding hydrogens is 224 g/mol. The van der Waals surface area contributed by atoms with E-state index in [0.717, 1.165) is 37.9 Å². The smallest absolute Gasteiger partial charge is 0.105 e. The first kappa shape index (κ1) is 12.2. The fraction of sp³-hybridized carbons (Fsp3) is 0.786. The van der Waals surface area contributed by atoms with Gasteiger partial charge in [-0.3, -0.25) is 4.90 Å². The predicted octanol–water partition coefficient (Wildman–Crippen LogP) is 1.27. The molecule has 1 aliphatic heterocycles. The van der Waals surface area contributed by atoms with Crippen molar-refractivity contribution in [1.82, 2.24) is 19.8 Å². The number of piperazine rings is 1. The molecule has 4 nitrogen and oxygen atoms in total. The highest BCUT2D eigenvalue weighted by Gasteiger charge is 2.46. The van der Waals surface area contributed by atoms with Crippen LogP contribution in [-0.2, 0) is 6.54 Å². The van der Waals surface area contributed by atoms with E-state index < -0.39 is 0 Å². The number of hydrogen-bond acceptors (Lipinski definition) is 3. The third-order valence-electron chi connectivity index (χ3n) is 4.76. The van der Waals surface area contributed by atoms with Crippen LogP contribution in [0.1, 0.15) is 25.6 Å². The molecule has 100 valence electrons. The van der Waals surface area contributed by atoms with E-state index in [0.29, 0.717) is 5.54 Å². The Hall–Kier alpha value is -0.870. The van der Waals surface area contributed by atoms with Crippen molar-refractivity contribution in [1.29, 1.82) is 0 Å². The van der Waals surface area contributed by atoms with Crippen LogP contribution in [0.15, 0.2) is 12.4 Å². The summed E-state index contributed by atoms with van der Waals surface area (Å²) in [6, 6.07) is 0. The molecule has 0 amide bonds. The molecule has 1 aromatic heterocycles. The van der Waals surface area contributed by atoms with Gasteiger partial charge in [0.1, 0.15) is 5.82 Å². The Morgan fingerprint density at radius 3 is 2.94 bits per heavy atom. The summed E-state index contributed by atoms with van der Waals surface area (Å²) in [5.74, 6) is 2.03. The normalized spacial score (nSPS) is 29.7. The first-order chi connectivity index (χ1) is 8.70. The molecule has 0 spiro atoms. The highest BCUT2D eigenvalue weighted by atomic mass is 15.3. The number of aromatic nitrogens is 2. The molecule has 18 heavy (non-hydrogen) atoms. The van der Waals surface area contributed by atoms with Crippen LogP contribution in [0.4, 0.5) is 0 Å². The molecule has 1 atom stereocenters. The lowest BCUT2D eigenvalue weighted by Crippen LogP contribution is -2.61. The summed E-state index contributed by atoms with van der Waals surface area (Å²) in [4.78, 5) is 6.99. The van der Waals surface area contributed by atoms with Crippen molar-refractivity contribution in [2.45, 2.75) is 38.8 Å². The van der Waals surface area contributed by atoms with Crippen molar-refractivity contribution >= 4 is 0 Å². The SMILES string of the molecule is Cc1nccn1CCN1CCNCC1(C)C1CC1. The molecule has 4 heteroatoms. The fourth-order valence-electron chi connectivity index (χ4n) is 3.27. The number of aryl methyl sites for hydroxylation is 1. The second-order valence-electron chi connectivity index (χ2n) is 5.96. The van der Waals surface area contributed by atoms with Gasteiger partial charge in [0.2, 0.25) is 0 Å². The van der Waals surface area contributed by atoms with E-state index in [1.807, 2.05) is 6.20 Å². The first-order valence-electron chi connectivity index (χ1n) is 7.14. The lowest BCUT2D eigenvalue weighted by atomic mass is 9.91. The van der Waals surface area contributed by atoms with Crippen molar-refractivity contribution in [2.75, 3.05) is 26.2 Å². The van der Waals surface area contributed by atoms with Crippen LogP contribution in [0.5, 0.6) is 0 Å². The van der Waals surface area contributed by atoms with E-state index >= 15 is 0 Å². The van der Waals surface area contributed by atoms with Crippen molar-refractivity contribution < 1.29 is 0 Å². The van der Waals surface area contributed by atoms with Crippen LogP contribution < -0.4 is 5.32 Å². The monoisotopic (exact) mass is 248 g/mol. The van der Waals surface area contributed by atoms with Gasteiger partial charge in [0.05, 0.1) is 0 Å². The lowest BCUT2D eigenvalue weighted by molar-refractivity contribution is 0.0525. The standard InChI is InChI=1S/C14H24N4/c1-12-16-6-7-17(12)9-10-18-8-5-15-11-14(18,2)13-3-4-13/h6-7,13,15H,3-5,8-11H2,1-2H3. The van der Waals surface area contributed by atoms with Gasteiger partial charge < -0.3 is 9.88 Å². The summed E-state index contributed by atoms with van der Waals surface area (Å²) >= 11 is 0. The Balaban J connectivity index is 1.65. The molecule has 1 N–H and O–H groups in total. The molecule has 1 unspecified atom stereocenters.